The van der Waals surface area contributed by atoms with Gasteiger partial charge in [0, 0.05) is 12.5 Å². The first-order valence-electron chi connectivity index (χ1n) is 6.95. The van der Waals surface area contributed by atoms with E-state index < -0.39 is 6.55 Å². The Bertz CT molecular complexity index is 825. The monoisotopic (exact) mass is 301 g/mol. The molecule has 3 nitrogen and oxygen atoms in total. The van der Waals surface area contributed by atoms with Crippen LogP contribution in [0.4, 0.5) is 8.78 Å². The molecule has 0 unspecified atom stereocenters. The minimum atomic E-state index is -2.64. The molecule has 0 bridgehead atoms. The molecule has 5 heteroatoms. The van der Waals surface area contributed by atoms with Crippen molar-refractivity contribution in [2.45, 2.75) is 20.0 Å². The Balaban J connectivity index is 2.08. The van der Waals surface area contributed by atoms with Crippen LogP contribution in [-0.4, -0.2) is 10.4 Å². The second-order valence-corrected chi connectivity index (χ2v) is 5.06. The van der Waals surface area contributed by atoms with E-state index in [4.69, 9.17) is 0 Å². The van der Waals surface area contributed by atoms with E-state index in [2.05, 4.69) is 0 Å². The third-order valence-corrected chi connectivity index (χ3v) is 3.76. The molecule has 0 saturated heterocycles. The van der Waals surface area contributed by atoms with E-state index in [-0.39, 0.29) is 12.3 Å². The number of imidazole rings is 1. The SMILES string of the molecule is Cc1n(C(F)F)c2ccccc2[n+]1CC(=O)c1ccccc1. The van der Waals surface area contributed by atoms with E-state index in [9.17, 15) is 13.6 Å². The van der Waals surface area contributed by atoms with Crippen LogP contribution in [0.2, 0.25) is 0 Å². The largest absolute Gasteiger partial charge is 0.387 e. The quantitative estimate of drug-likeness (QED) is 0.535. The number of Topliss-reactive ketones (excluding diaryl/α,β-unsaturated/α-hetero) is 1. The average molecular weight is 301 g/mol. The number of hydrogen-bond acceptors (Lipinski definition) is 1. The van der Waals surface area contributed by atoms with Crippen molar-refractivity contribution in [1.82, 2.24) is 4.57 Å². The zero-order valence-electron chi connectivity index (χ0n) is 12.0. The molecule has 0 aliphatic carbocycles. The van der Waals surface area contributed by atoms with Crippen molar-refractivity contribution >= 4 is 16.8 Å². The molecule has 3 aromatic rings. The summed E-state index contributed by atoms with van der Waals surface area (Å²) in [6.45, 7) is -1.00. The summed E-state index contributed by atoms with van der Waals surface area (Å²) >= 11 is 0. The number of fused-ring (bicyclic) bond motifs is 1. The molecule has 22 heavy (non-hydrogen) atoms. The molecule has 0 atom stereocenters. The normalized spacial score (nSPS) is 11.3. The van der Waals surface area contributed by atoms with Crippen molar-refractivity contribution in [3.63, 3.8) is 0 Å². The Morgan fingerprint density at radius 2 is 1.73 bits per heavy atom. The molecule has 0 spiro atoms. The van der Waals surface area contributed by atoms with Crippen LogP contribution >= 0.6 is 0 Å². The van der Waals surface area contributed by atoms with Crippen LogP contribution in [0.25, 0.3) is 11.0 Å². The number of para-hydroxylation sites is 2. The molecule has 0 radical (unpaired) electrons. The van der Waals surface area contributed by atoms with Crippen molar-refractivity contribution in [3.8, 4) is 0 Å². The molecule has 0 saturated carbocycles. The number of hydrogen-bond donors (Lipinski definition) is 0. The first-order valence-corrected chi connectivity index (χ1v) is 6.95. The third-order valence-electron chi connectivity index (χ3n) is 3.76. The molecule has 1 aromatic heterocycles. The van der Waals surface area contributed by atoms with Gasteiger partial charge >= 0.3 is 6.55 Å². The molecular formula is C17H15F2N2O+. The van der Waals surface area contributed by atoms with Gasteiger partial charge in [0.1, 0.15) is 0 Å². The Morgan fingerprint density at radius 1 is 1.09 bits per heavy atom. The number of carbonyl (C=O) groups excluding carboxylic acids is 1. The fourth-order valence-electron chi connectivity index (χ4n) is 2.68. The van der Waals surface area contributed by atoms with Gasteiger partial charge < -0.3 is 0 Å². The van der Waals surface area contributed by atoms with E-state index in [0.717, 1.165) is 4.57 Å². The smallest absolute Gasteiger partial charge is 0.290 e. The second-order valence-electron chi connectivity index (χ2n) is 5.06. The number of aromatic nitrogens is 2. The number of nitrogens with zero attached hydrogens (tertiary/aromatic N) is 2. The molecule has 3 rings (SSSR count). The topological polar surface area (TPSA) is 25.9 Å². The van der Waals surface area contributed by atoms with Gasteiger partial charge in [0.25, 0.3) is 5.82 Å². The maximum atomic E-state index is 13.3. The molecule has 0 aliphatic heterocycles. The molecule has 2 aromatic carbocycles. The number of alkyl halides is 2. The van der Waals surface area contributed by atoms with Gasteiger partial charge in [-0.1, -0.05) is 42.5 Å². The predicted molar refractivity (Wildman–Crippen MR) is 78.9 cm³/mol. The summed E-state index contributed by atoms with van der Waals surface area (Å²) in [6, 6.07) is 15.7. The highest BCUT2D eigenvalue weighted by Gasteiger charge is 2.28. The van der Waals surface area contributed by atoms with Gasteiger partial charge in [0.2, 0.25) is 5.78 Å². The molecule has 1 heterocycles. The van der Waals surface area contributed by atoms with Crippen molar-refractivity contribution in [1.29, 1.82) is 0 Å². The summed E-state index contributed by atoms with van der Waals surface area (Å²) in [7, 11) is 0. The molecular weight excluding hydrogens is 286 g/mol. The van der Waals surface area contributed by atoms with Crippen LogP contribution in [0, 0.1) is 6.92 Å². The highest BCUT2D eigenvalue weighted by atomic mass is 19.3. The summed E-state index contributed by atoms with van der Waals surface area (Å²) in [6.07, 6.45) is 0. The van der Waals surface area contributed by atoms with Crippen molar-refractivity contribution in [2.75, 3.05) is 0 Å². The highest BCUT2D eigenvalue weighted by Crippen LogP contribution is 2.21. The number of carbonyl (C=O) groups is 1. The zero-order chi connectivity index (χ0) is 15.7. The van der Waals surface area contributed by atoms with Crippen LogP contribution in [0.3, 0.4) is 0 Å². The zero-order valence-corrected chi connectivity index (χ0v) is 12.0. The van der Waals surface area contributed by atoms with Gasteiger partial charge in [-0.25, -0.2) is 4.57 Å². The van der Waals surface area contributed by atoms with Gasteiger partial charge in [0.15, 0.2) is 17.6 Å². The lowest BCUT2D eigenvalue weighted by Gasteiger charge is -2.01. The van der Waals surface area contributed by atoms with Crippen LogP contribution in [-0.2, 0) is 6.54 Å². The minimum absolute atomic E-state index is 0.0378. The van der Waals surface area contributed by atoms with Gasteiger partial charge in [0.05, 0.1) is 0 Å². The number of benzene rings is 2. The summed E-state index contributed by atoms with van der Waals surface area (Å²) in [5.41, 5.74) is 1.63. The lowest BCUT2D eigenvalue weighted by Crippen LogP contribution is -2.40. The fraction of sp³-hybridized carbons (Fsp3) is 0.176. The van der Waals surface area contributed by atoms with Gasteiger partial charge in [-0.05, 0) is 12.1 Å². The number of rotatable bonds is 4. The second kappa shape index (κ2) is 5.67. The fourth-order valence-corrected chi connectivity index (χ4v) is 2.68. The predicted octanol–water partition coefficient (Wildman–Crippen LogP) is 3.52. The summed E-state index contributed by atoms with van der Waals surface area (Å²) in [4.78, 5) is 12.4. The average Bonchev–Trinajstić information content (AvgIpc) is 2.81. The van der Waals surface area contributed by atoms with Crippen molar-refractivity contribution in [3.05, 3.63) is 66.0 Å². The van der Waals surface area contributed by atoms with E-state index in [0.29, 0.717) is 22.4 Å². The van der Waals surface area contributed by atoms with E-state index in [1.807, 2.05) is 6.07 Å². The van der Waals surface area contributed by atoms with E-state index >= 15 is 0 Å². The first kappa shape index (κ1) is 14.4. The number of halogens is 2. The molecule has 0 amide bonds. The van der Waals surface area contributed by atoms with Crippen LogP contribution in [0.15, 0.2) is 54.6 Å². The minimum Gasteiger partial charge on any atom is -0.290 e. The maximum Gasteiger partial charge on any atom is 0.387 e. The Kier molecular flexibility index (Phi) is 3.71. The van der Waals surface area contributed by atoms with E-state index in [1.54, 1.807) is 60.0 Å². The van der Waals surface area contributed by atoms with Gasteiger partial charge in [-0.2, -0.15) is 13.3 Å². The summed E-state index contributed by atoms with van der Waals surface area (Å²) in [5.74, 6) is 0.256. The Hall–Kier alpha value is -2.56. The van der Waals surface area contributed by atoms with Gasteiger partial charge in [-0.3, -0.25) is 4.79 Å². The van der Waals surface area contributed by atoms with Crippen LogP contribution in [0.5, 0.6) is 0 Å². The van der Waals surface area contributed by atoms with Crippen LogP contribution < -0.4 is 4.57 Å². The van der Waals surface area contributed by atoms with Crippen molar-refractivity contribution in [2.24, 2.45) is 0 Å². The third kappa shape index (κ3) is 2.39. The van der Waals surface area contributed by atoms with Crippen molar-refractivity contribution < 1.29 is 18.1 Å². The van der Waals surface area contributed by atoms with Crippen LogP contribution in [0.1, 0.15) is 22.7 Å². The summed E-state index contributed by atoms with van der Waals surface area (Å²) in [5, 5.41) is 0. The molecule has 0 fully saturated rings. The maximum absolute atomic E-state index is 13.3. The molecule has 0 aliphatic rings. The Labute approximate surface area is 126 Å². The first-order chi connectivity index (χ1) is 10.6. The number of ketones is 1. The standard InChI is InChI=1S/C17H15F2N2O/c1-12-20(11-16(22)13-7-3-2-4-8-13)14-9-5-6-10-15(14)21(12)17(18)19/h2-10,17H,11H2,1H3/q+1. The molecule has 0 N–H and O–H groups in total. The van der Waals surface area contributed by atoms with E-state index in [1.165, 1.54) is 0 Å². The highest BCUT2D eigenvalue weighted by molar-refractivity contribution is 5.95. The van der Waals surface area contributed by atoms with Gasteiger partial charge in [-0.15, -0.1) is 0 Å². The lowest BCUT2D eigenvalue weighted by atomic mass is 10.1. The lowest BCUT2D eigenvalue weighted by molar-refractivity contribution is -0.664. The molecule has 112 valence electrons. The summed E-state index contributed by atoms with van der Waals surface area (Å²) < 4.78 is 29.2. The Morgan fingerprint density at radius 3 is 2.41 bits per heavy atom.